The van der Waals surface area contributed by atoms with Crippen molar-refractivity contribution < 1.29 is 9.47 Å². The van der Waals surface area contributed by atoms with Crippen LogP contribution in [0.3, 0.4) is 0 Å². The average Bonchev–Trinajstić information content (AvgIpc) is 2.74. The van der Waals surface area contributed by atoms with E-state index in [4.69, 9.17) is 21.1 Å². The number of fused-ring (bicyclic) bond motifs is 1. The van der Waals surface area contributed by atoms with Crippen LogP contribution in [-0.2, 0) is 0 Å². The van der Waals surface area contributed by atoms with Gasteiger partial charge in [-0.2, -0.15) is 0 Å². The van der Waals surface area contributed by atoms with Crippen molar-refractivity contribution in [2.45, 2.75) is 13.8 Å². The van der Waals surface area contributed by atoms with E-state index in [2.05, 4.69) is 40.8 Å². The van der Waals surface area contributed by atoms with Crippen LogP contribution in [0.5, 0.6) is 11.5 Å². The number of nitrogens with one attached hydrogen (secondary N) is 1. The van der Waals surface area contributed by atoms with E-state index in [9.17, 15) is 4.79 Å². The topological polar surface area (TPSA) is 67.5 Å². The molecular weight excluding hydrogens is 390 g/mol. The number of anilines is 1. The minimum absolute atomic E-state index is 0.296. The van der Waals surface area contributed by atoms with Gasteiger partial charge in [-0.15, -0.1) is 0 Å². The van der Waals surface area contributed by atoms with Gasteiger partial charge in [0.25, 0.3) is 5.56 Å². The number of hydrogen-bond donors (Lipinski definition) is 1. The first-order valence-corrected chi connectivity index (χ1v) is 9.77. The van der Waals surface area contributed by atoms with Gasteiger partial charge in [-0.25, -0.2) is 4.98 Å². The number of ether oxygens (including phenoxy) is 2. The summed E-state index contributed by atoms with van der Waals surface area (Å²) in [6, 6.07) is 11.4. The largest absolute Gasteiger partial charge is 0.493 e. The minimum Gasteiger partial charge on any atom is -0.493 e. The maximum atomic E-state index is 12.5. The Labute approximate surface area is 174 Å². The summed E-state index contributed by atoms with van der Waals surface area (Å²) in [5.74, 6) is 1.26. The molecule has 1 N–H and O–H groups in total. The summed E-state index contributed by atoms with van der Waals surface area (Å²) in [5, 5.41) is 0.744. The van der Waals surface area contributed by atoms with Gasteiger partial charge in [0, 0.05) is 24.8 Å². The molecule has 6 nitrogen and oxygen atoms in total. The SMILES string of the molecule is CCN(CC)c1ccc(/C=C(\Cl)c2nc3cc(OC)c(OC)cc3c(=O)[nH]2)cc1. The zero-order chi connectivity index (χ0) is 21.0. The second-order valence-corrected chi connectivity index (χ2v) is 6.80. The molecule has 3 rings (SSSR count). The number of rotatable bonds is 7. The molecular formula is C22H24ClN3O3. The molecule has 152 valence electrons. The van der Waals surface area contributed by atoms with E-state index >= 15 is 0 Å². The van der Waals surface area contributed by atoms with Gasteiger partial charge in [0.2, 0.25) is 0 Å². The van der Waals surface area contributed by atoms with E-state index in [1.807, 2.05) is 12.1 Å². The molecule has 29 heavy (non-hydrogen) atoms. The lowest BCUT2D eigenvalue weighted by atomic mass is 10.1. The molecule has 0 aliphatic rings. The zero-order valence-corrected chi connectivity index (χ0v) is 17.7. The Morgan fingerprint density at radius 3 is 2.31 bits per heavy atom. The third kappa shape index (κ3) is 4.38. The van der Waals surface area contributed by atoms with Gasteiger partial charge in [-0.05, 0) is 43.7 Å². The number of methoxy groups -OCH3 is 2. The molecule has 7 heteroatoms. The Balaban J connectivity index is 1.98. The fourth-order valence-electron chi connectivity index (χ4n) is 3.16. The fourth-order valence-corrected chi connectivity index (χ4v) is 3.38. The van der Waals surface area contributed by atoms with Gasteiger partial charge in [-0.3, -0.25) is 4.79 Å². The minimum atomic E-state index is -0.297. The monoisotopic (exact) mass is 413 g/mol. The molecule has 0 aliphatic heterocycles. The highest BCUT2D eigenvalue weighted by Gasteiger charge is 2.12. The van der Waals surface area contributed by atoms with Crippen LogP contribution in [0.2, 0.25) is 0 Å². The summed E-state index contributed by atoms with van der Waals surface area (Å²) >= 11 is 6.46. The Hall–Kier alpha value is -2.99. The predicted octanol–water partition coefficient (Wildman–Crippen LogP) is 4.52. The summed E-state index contributed by atoms with van der Waals surface area (Å²) in [5.41, 5.74) is 2.25. The number of nitrogens with zero attached hydrogens (tertiary/aromatic N) is 2. The first kappa shape index (κ1) is 20.7. The Morgan fingerprint density at radius 2 is 1.72 bits per heavy atom. The molecule has 0 atom stereocenters. The highest BCUT2D eigenvalue weighted by molar-refractivity contribution is 6.50. The number of H-pyrrole nitrogens is 1. The van der Waals surface area contributed by atoms with Crippen molar-refractivity contribution in [2.75, 3.05) is 32.2 Å². The second-order valence-electron chi connectivity index (χ2n) is 6.39. The van der Waals surface area contributed by atoms with Gasteiger partial charge >= 0.3 is 0 Å². The number of aromatic nitrogens is 2. The highest BCUT2D eigenvalue weighted by Crippen LogP contribution is 2.30. The Bertz CT molecular complexity index is 1090. The highest BCUT2D eigenvalue weighted by atomic mass is 35.5. The normalized spacial score (nSPS) is 11.6. The van der Waals surface area contributed by atoms with Gasteiger partial charge in [0.1, 0.15) is 0 Å². The summed E-state index contributed by atoms with van der Waals surface area (Å²) in [6.07, 6.45) is 1.78. The van der Waals surface area contributed by atoms with Crippen LogP contribution in [0, 0.1) is 0 Å². The molecule has 0 amide bonds. The fraction of sp³-hybridized carbons (Fsp3) is 0.273. The summed E-state index contributed by atoms with van der Waals surface area (Å²) in [6.45, 7) is 6.15. The molecule has 2 aromatic carbocycles. The summed E-state index contributed by atoms with van der Waals surface area (Å²) < 4.78 is 10.6. The molecule has 0 bridgehead atoms. The van der Waals surface area contributed by atoms with Crippen LogP contribution in [0.25, 0.3) is 22.0 Å². The first-order valence-electron chi connectivity index (χ1n) is 9.39. The van der Waals surface area contributed by atoms with Crippen LogP contribution < -0.4 is 19.9 Å². The lowest BCUT2D eigenvalue weighted by molar-refractivity contribution is 0.355. The third-order valence-corrected chi connectivity index (χ3v) is 5.04. The van der Waals surface area contributed by atoms with Crippen LogP contribution in [-0.4, -0.2) is 37.3 Å². The summed E-state index contributed by atoms with van der Waals surface area (Å²) in [7, 11) is 3.05. The van der Waals surface area contributed by atoms with E-state index in [-0.39, 0.29) is 5.56 Å². The molecule has 1 aromatic heterocycles. The van der Waals surface area contributed by atoms with E-state index in [0.29, 0.717) is 33.3 Å². The first-order chi connectivity index (χ1) is 14.0. The summed E-state index contributed by atoms with van der Waals surface area (Å²) in [4.78, 5) is 22.0. The second kappa shape index (κ2) is 9.01. The van der Waals surface area contributed by atoms with Crippen molar-refractivity contribution >= 4 is 39.3 Å². The maximum absolute atomic E-state index is 12.5. The van der Waals surface area contributed by atoms with Crippen molar-refractivity contribution in [3.63, 3.8) is 0 Å². The standard InChI is InChI=1S/C22H24ClN3O3/c1-5-26(6-2)15-9-7-14(8-10-15)11-17(23)21-24-18-13-20(29-4)19(28-3)12-16(18)22(27)25-21/h7-13H,5-6H2,1-4H3,(H,24,25,27)/b17-11-. The predicted molar refractivity (Wildman–Crippen MR) is 119 cm³/mol. The van der Waals surface area contributed by atoms with Crippen molar-refractivity contribution in [3.8, 4) is 11.5 Å². The smallest absolute Gasteiger partial charge is 0.259 e. The third-order valence-electron chi connectivity index (χ3n) is 4.75. The van der Waals surface area contributed by atoms with Gasteiger partial charge in [-0.1, -0.05) is 23.7 Å². The molecule has 0 radical (unpaired) electrons. The molecule has 0 fully saturated rings. The molecule has 1 heterocycles. The zero-order valence-electron chi connectivity index (χ0n) is 17.0. The van der Waals surface area contributed by atoms with Crippen molar-refractivity contribution in [3.05, 3.63) is 58.1 Å². The van der Waals surface area contributed by atoms with Crippen molar-refractivity contribution in [2.24, 2.45) is 0 Å². The van der Waals surface area contributed by atoms with Gasteiger partial charge in [0.05, 0.1) is 30.2 Å². The van der Waals surface area contributed by atoms with E-state index < -0.39 is 0 Å². The molecule has 0 aliphatic carbocycles. The van der Waals surface area contributed by atoms with Crippen LogP contribution >= 0.6 is 11.6 Å². The Kier molecular flexibility index (Phi) is 6.44. The molecule has 0 spiro atoms. The number of hydrogen-bond acceptors (Lipinski definition) is 5. The van der Waals surface area contributed by atoms with Gasteiger partial charge in [0.15, 0.2) is 17.3 Å². The molecule has 0 saturated carbocycles. The van der Waals surface area contributed by atoms with Crippen LogP contribution in [0.4, 0.5) is 5.69 Å². The lowest BCUT2D eigenvalue weighted by Gasteiger charge is -2.20. The number of benzene rings is 2. The molecule has 0 unspecified atom stereocenters. The lowest BCUT2D eigenvalue weighted by Crippen LogP contribution is -2.21. The average molecular weight is 414 g/mol. The van der Waals surface area contributed by atoms with Crippen LogP contribution in [0.15, 0.2) is 41.2 Å². The van der Waals surface area contributed by atoms with Crippen LogP contribution in [0.1, 0.15) is 25.2 Å². The van der Waals surface area contributed by atoms with Crippen molar-refractivity contribution in [1.82, 2.24) is 9.97 Å². The maximum Gasteiger partial charge on any atom is 0.259 e. The number of halogens is 1. The van der Waals surface area contributed by atoms with E-state index in [1.165, 1.54) is 14.2 Å². The Morgan fingerprint density at radius 1 is 1.10 bits per heavy atom. The van der Waals surface area contributed by atoms with Crippen molar-refractivity contribution in [1.29, 1.82) is 0 Å². The number of aromatic amines is 1. The molecule has 0 saturated heterocycles. The van der Waals surface area contributed by atoms with E-state index in [1.54, 1.807) is 18.2 Å². The van der Waals surface area contributed by atoms with Gasteiger partial charge < -0.3 is 19.4 Å². The van der Waals surface area contributed by atoms with E-state index in [0.717, 1.165) is 24.3 Å². The molecule has 3 aromatic rings. The quantitative estimate of drug-likeness (QED) is 0.616.